The minimum atomic E-state index is -0.267. The first-order valence-corrected chi connectivity index (χ1v) is 7.27. The van der Waals surface area contributed by atoms with E-state index in [2.05, 4.69) is 0 Å². The van der Waals surface area contributed by atoms with Gasteiger partial charge in [0.1, 0.15) is 17.2 Å². The molecule has 0 aliphatic rings. The number of benzene rings is 2. The van der Waals surface area contributed by atoms with E-state index in [4.69, 9.17) is 31.5 Å². The van der Waals surface area contributed by atoms with Gasteiger partial charge in [0.05, 0.1) is 30.5 Å². The molecule has 0 saturated heterocycles. The van der Waals surface area contributed by atoms with Crippen LogP contribution in [0.3, 0.4) is 0 Å². The number of carbonyl (C=O) groups excluding carboxylic acids is 1. The molecule has 0 fully saturated rings. The van der Waals surface area contributed by atoms with Crippen LogP contribution >= 0.6 is 11.6 Å². The molecule has 0 bridgehead atoms. The molecule has 6 heteroatoms. The molecule has 0 radical (unpaired) electrons. The van der Waals surface area contributed by atoms with Gasteiger partial charge in [0, 0.05) is 6.07 Å². The van der Waals surface area contributed by atoms with Gasteiger partial charge in [0.25, 0.3) is 0 Å². The van der Waals surface area contributed by atoms with Crippen LogP contribution in [-0.4, -0.2) is 26.6 Å². The number of hydrogen-bond donors (Lipinski definition) is 1. The Morgan fingerprint density at radius 1 is 1.09 bits per heavy atom. The Bertz CT molecular complexity index is 731. The second-order valence-corrected chi connectivity index (χ2v) is 5.35. The highest BCUT2D eigenvalue weighted by atomic mass is 35.5. The smallest absolute Gasteiger partial charge is 0.204 e. The summed E-state index contributed by atoms with van der Waals surface area (Å²) in [6.45, 7) is 1.75. The van der Waals surface area contributed by atoms with Crippen LogP contribution in [0.2, 0.25) is 5.02 Å². The molecule has 5 nitrogen and oxygen atoms in total. The fraction of sp³-hybridized carbons (Fsp3) is 0.235. The summed E-state index contributed by atoms with van der Waals surface area (Å²) in [6.07, 6.45) is 0. The lowest BCUT2D eigenvalue weighted by molar-refractivity contribution is 0.0918. The summed E-state index contributed by atoms with van der Waals surface area (Å²) in [5.41, 5.74) is 7.71. The van der Waals surface area contributed by atoms with Gasteiger partial charge in [-0.2, -0.15) is 0 Å². The number of aryl methyl sites for hydroxylation is 1. The number of ketones is 1. The Morgan fingerprint density at radius 3 is 2.39 bits per heavy atom. The molecule has 0 heterocycles. The predicted molar refractivity (Wildman–Crippen MR) is 90.0 cm³/mol. The topological polar surface area (TPSA) is 70.8 Å². The molecule has 0 saturated carbocycles. The molecule has 0 atom stereocenters. The van der Waals surface area contributed by atoms with E-state index in [1.54, 1.807) is 12.1 Å². The van der Waals surface area contributed by atoms with E-state index in [1.165, 1.54) is 26.4 Å². The van der Waals surface area contributed by atoms with Gasteiger partial charge in [-0.15, -0.1) is 0 Å². The molecule has 23 heavy (non-hydrogen) atoms. The maximum atomic E-state index is 12.4. The largest absolute Gasteiger partial charge is 0.496 e. The Kier molecular flexibility index (Phi) is 5.34. The van der Waals surface area contributed by atoms with Crippen molar-refractivity contribution in [3.8, 4) is 17.2 Å². The fourth-order valence-corrected chi connectivity index (χ4v) is 2.33. The quantitative estimate of drug-likeness (QED) is 0.646. The number of carbonyl (C=O) groups is 1. The van der Waals surface area contributed by atoms with Crippen molar-refractivity contribution >= 4 is 23.1 Å². The van der Waals surface area contributed by atoms with Crippen LogP contribution in [0.5, 0.6) is 17.2 Å². The van der Waals surface area contributed by atoms with E-state index in [9.17, 15) is 4.79 Å². The molecule has 0 unspecified atom stereocenters. The van der Waals surface area contributed by atoms with Crippen LogP contribution in [0.4, 0.5) is 5.69 Å². The second kappa shape index (κ2) is 7.24. The van der Waals surface area contributed by atoms with Gasteiger partial charge in [-0.25, -0.2) is 0 Å². The summed E-state index contributed by atoms with van der Waals surface area (Å²) < 4.78 is 15.8. The Labute approximate surface area is 139 Å². The average molecular weight is 336 g/mol. The SMILES string of the molecule is COc1cc(C(=O)COc2ccc(C)cc2N)c(OC)cc1Cl. The van der Waals surface area contributed by atoms with E-state index in [-0.39, 0.29) is 12.4 Å². The molecular weight excluding hydrogens is 318 g/mol. The van der Waals surface area contributed by atoms with E-state index in [0.717, 1.165) is 5.56 Å². The molecule has 2 N–H and O–H groups in total. The maximum Gasteiger partial charge on any atom is 0.204 e. The molecule has 0 amide bonds. The van der Waals surface area contributed by atoms with Gasteiger partial charge < -0.3 is 19.9 Å². The van der Waals surface area contributed by atoms with Crippen molar-refractivity contribution in [3.63, 3.8) is 0 Å². The molecule has 2 aromatic carbocycles. The Hall–Kier alpha value is -2.40. The summed E-state index contributed by atoms with van der Waals surface area (Å²) in [5, 5.41) is 0.365. The fourth-order valence-electron chi connectivity index (χ4n) is 2.10. The third-order valence-electron chi connectivity index (χ3n) is 3.30. The van der Waals surface area contributed by atoms with Crippen molar-refractivity contribution in [3.05, 3.63) is 46.5 Å². The number of hydrogen-bond acceptors (Lipinski definition) is 5. The van der Waals surface area contributed by atoms with Crippen LogP contribution < -0.4 is 19.9 Å². The number of rotatable bonds is 6. The average Bonchev–Trinajstić information content (AvgIpc) is 2.53. The van der Waals surface area contributed by atoms with Gasteiger partial charge in [-0.1, -0.05) is 17.7 Å². The summed E-state index contributed by atoms with van der Waals surface area (Å²) >= 11 is 6.03. The Balaban J connectivity index is 2.20. The van der Waals surface area contributed by atoms with Crippen LogP contribution in [-0.2, 0) is 0 Å². The number of Topliss-reactive ketones (excluding diaryl/α,β-unsaturated/α-hetero) is 1. The molecule has 0 spiro atoms. The van der Waals surface area contributed by atoms with Crippen molar-refractivity contribution in [2.75, 3.05) is 26.6 Å². The zero-order valence-corrected chi connectivity index (χ0v) is 13.9. The molecule has 2 rings (SSSR count). The first-order chi connectivity index (χ1) is 11.0. The molecule has 0 aromatic heterocycles. The highest BCUT2D eigenvalue weighted by molar-refractivity contribution is 6.32. The van der Waals surface area contributed by atoms with Crippen molar-refractivity contribution in [1.29, 1.82) is 0 Å². The summed E-state index contributed by atoms with van der Waals surface area (Å²) in [4.78, 5) is 12.4. The minimum absolute atomic E-state index is 0.172. The van der Waals surface area contributed by atoms with Crippen LogP contribution in [0.15, 0.2) is 30.3 Å². The monoisotopic (exact) mass is 335 g/mol. The number of anilines is 1. The number of nitrogens with two attached hydrogens (primary N) is 1. The van der Waals surface area contributed by atoms with Crippen LogP contribution in [0, 0.1) is 6.92 Å². The van der Waals surface area contributed by atoms with E-state index in [1.807, 2.05) is 13.0 Å². The standard InChI is InChI=1S/C17H18ClNO4/c1-10-4-5-15(13(19)6-10)23-9-14(20)11-7-17(22-3)12(18)8-16(11)21-2/h4-8H,9,19H2,1-3H3. The summed E-state index contributed by atoms with van der Waals surface area (Å²) in [5.74, 6) is 0.951. The third kappa shape index (κ3) is 3.87. The predicted octanol–water partition coefficient (Wildman–Crippen LogP) is 3.51. The lowest BCUT2D eigenvalue weighted by Crippen LogP contribution is -2.13. The van der Waals surface area contributed by atoms with Gasteiger partial charge in [0.15, 0.2) is 6.61 Å². The lowest BCUT2D eigenvalue weighted by Gasteiger charge is -2.13. The first-order valence-electron chi connectivity index (χ1n) is 6.90. The third-order valence-corrected chi connectivity index (χ3v) is 3.59. The lowest BCUT2D eigenvalue weighted by atomic mass is 10.1. The number of ether oxygens (including phenoxy) is 3. The molecular formula is C17H18ClNO4. The van der Waals surface area contributed by atoms with E-state index >= 15 is 0 Å². The van der Waals surface area contributed by atoms with Crippen molar-refractivity contribution < 1.29 is 19.0 Å². The van der Waals surface area contributed by atoms with Gasteiger partial charge in [-0.05, 0) is 30.7 Å². The van der Waals surface area contributed by atoms with Crippen molar-refractivity contribution in [2.24, 2.45) is 0 Å². The van der Waals surface area contributed by atoms with Crippen molar-refractivity contribution in [1.82, 2.24) is 0 Å². The van der Waals surface area contributed by atoms with Crippen molar-refractivity contribution in [2.45, 2.75) is 6.92 Å². The normalized spacial score (nSPS) is 10.3. The molecule has 2 aromatic rings. The van der Waals surface area contributed by atoms with Gasteiger partial charge in [-0.3, -0.25) is 4.79 Å². The summed E-state index contributed by atoms with van der Waals surface area (Å²) in [6, 6.07) is 8.45. The molecule has 0 aliphatic heterocycles. The van der Waals surface area contributed by atoms with E-state index < -0.39 is 0 Å². The second-order valence-electron chi connectivity index (χ2n) is 4.94. The summed E-state index contributed by atoms with van der Waals surface area (Å²) in [7, 11) is 2.94. The minimum Gasteiger partial charge on any atom is -0.496 e. The van der Waals surface area contributed by atoms with Crippen LogP contribution in [0.1, 0.15) is 15.9 Å². The number of nitrogen functional groups attached to an aromatic ring is 1. The first kappa shape index (κ1) is 17.0. The highest BCUT2D eigenvalue weighted by Crippen LogP contribution is 2.33. The number of methoxy groups -OCH3 is 2. The molecule has 0 aliphatic carbocycles. The van der Waals surface area contributed by atoms with Gasteiger partial charge >= 0.3 is 0 Å². The molecule has 122 valence electrons. The zero-order chi connectivity index (χ0) is 17.0. The highest BCUT2D eigenvalue weighted by Gasteiger charge is 2.17. The zero-order valence-electron chi connectivity index (χ0n) is 13.2. The number of halogens is 1. The Morgan fingerprint density at radius 2 is 1.78 bits per heavy atom. The van der Waals surface area contributed by atoms with Crippen LogP contribution in [0.25, 0.3) is 0 Å². The maximum absolute atomic E-state index is 12.4. The van der Waals surface area contributed by atoms with E-state index in [0.29, 0.717) is 33.5 Å². The van der Waals surface area contributed by atoms with Gasteiger partial charge in [0.2, 0.25) is 5.78 Å².